The number of aromatic nitrogens is 1. The Labute approximate surface area is 168 Å². The second-order valence-electron chi connectivity index (χ2n) is 8.52. The maximum absolute atomic E-state index is 10.8. The van der Waals surface area contributed by atoms with Crippen LogP contribution in [0.5, 0.6) is 0 Å². The summed E-state index contributed by atoms with van der Waals surface area (Å²) in [7, 11) is 0. The van der Waals surface area contributed by atoms with Gasteiger partial charge in [-0.25, -0.2) is 0 Å². The molecule has 1 aromatic carbocycles. The molecule has 2 aromatic rings. The normalized spacial score (nSPS) is 33.3. The fourth-order valence-corrected chi connectivity index (χ4v) is 5.83. The van der Waals surface area contributed by atoms with Crippen LogP contribution in [0.1, 0.15) is 68.1 Å². The molecule has 4 nitrogen and oxygen atoms in total. The summed E-state index contributed by atoms with van der Waals surface area (Å²) < 4.78 is 5.82. The average molecular weight is 408 g/mol. The number of hydrogen-bond donors (Lipinski definition) is 2. The molecule has 0 aliphatic heterocycles. The SMILES string of the molecule is OC1CCC2(CC1)CC(O)C2c1c(-c2c(Cl)cccc2Cl)noc1C1CC1. The number of halogens is 2. The van der Waals surface area contributed by atoms with Gasteiger partial charge in [0, 0.05) is 23.0 Å². The predicted molar refractivity (Wildman–Crippen MR) is 104 cm³/mol. The Morgan fingerprint density at radius 3 is 2.30 bits per heavy atom. The standard InChI is InChI=1S/C21H23Cl2NO3/c22-13-2-1-3-14(23)16(13)19-17(20(27-24-19)11-4-5-11)18-15(26)10-21(18)8-6-12(25)7-9-21/h1-3,11-12,15,18,25-26H,4-10H2. The van der Waals surface area contributed by atoms with Crippen molar-refractivity contribution in [3.05, 3.63) is 39.6 Å². The molecule has 2 N–H and O–H groups in total. The highest BCUT2D eigenvalue weighted by Crippen LogP contribution is 2.63. The van der Waals surface area contributed by atoms with Crippen LogP contribution in [0.4, 0.5) is 0 Å². The Hall–Kier alpha value is -1.07. The van der Waals surface area contributed by atoms with E-state index in [9.17, 15) is 10.2 Å². The van der Waals surface area contributed by atoms with E-state index in [1.165, 1.54) is 0 Å². The number of benzene rings is 1. The van der Waals surface area contributed by atoms with Crippen LogP contribution in [0.3, 0.4) is 0 Å². The molecular formula is C21H23Cl2NO3. The molecule has 0 amide bonds. The molecule has 1 heterocycles. The highest BCUT2D eigenvalue weighted by Gasteiger charge is 2.57. The van der Waals surface area contributed by atoms with Crippen molar-refractivity contribution in [2.45, 2.75) is 69.0 Å². The zero-order valence-electron chi connectivity index (χ0n) is 15.0. The highest BCUT2D eigenvalue weighted by atomic mass is 35.5. The first-order valence-electron chi connectivity index (χ1n) is 9.80. The van der Waals surface area contributed by atoms with Crippen LogP contribution in [0, 0.1) is 5.41 Å². The minimum absolute atomic E-state index is 0.0102. The van der Waals surface area contributed by atoms with E-state index in [-0.39, 0.29) is 17.4 Å². The maximum atomic E-state index is 10.8. The van der Waals surface area contributed by atoms with Gasteiger partial charge in [0.25, 0.3) is 0 Å². The van der Waals surface area contributed by atoms with Gasteiger partial charge < -0.3 is 14.7 Å². The van der Waals surface area contributed by atoms with E-state index in [0.29, 0.717) is 27.2 Å². The highest BCUT2D eigenvalue weighted by molar-refractivity contribution is 6.39. The molecule has 0 radical (unpaired) electrons. The molecular weight excluding hydrogens is 385 g/mol. The zero-order chi connectivity index (χ0) is 18.8. The number of rotatable bonds is 3. The minimum Gasteiger partial charge on any atom is -0.393 e. The Kier molecular flexibility index (Phi) is 4.32. The largest absolute Gasteiger partial charge is 0.393 e. The third-order valence-electron chi connectivity index (χ3n) is 6.83. The fraction of sp³-hybridized carbons (Fsp3) is 0.571. The van der Waals surface area contributed by atoms with Gasteiger partial charge in [0.05, 0.1) is 22.3 Å². The smallest absolute Gasteiger partial charge is 0.144 e. The minimum atomic E-state index is -0.419. The molecule has 144 valence electrons. The predicted octanol–water partition coefficient (Wildman–Crippen LogP) is 5.30. The summed E-state index contributed by atoms with van der Waals surface area (Å²) in [6.45, 7) is 0. The molecule has 2 unspecified atom stereocenters. The van der Waals surface area contributed by atoms with Gasteiger partial charge in [-0.05, 0) is 62.5 Å². The van der Waals surface area contributed by atoms with E-state index < -0.39 is 6.10 Å². The quantitative estimate of drug-likeness (QED) is 0.724. The van der Waals surface area contributed by atoms with E-state index in [1.54, 1.807) is 0 Å². The van der Waals surface area contributed by atoms with Crippen LogP contribution in [-0.2, 0) is 0 Å². The number of hydrogen-bond acceptors (Lipinski definition) is 4. The van der Waals surface area contributed by atoms with Gasteiger partial charge >= 0.3 is 0 Å². The zero-order valence-corrected chi connectivity index (χ0v) is 16.5. The van der Waals surface area contributed by atoms with Gasteiger partial charge in [-0.1, -0.05) is 34.4 Å². The lowest BCUT2D eigenvalue weighted by Crippen LogP contribution is -2.52. The number of nitrogens with zero attached hydrogens (tertiary/aromatic N) is 1. The number of aliphatic hydroxyl groups excluding tert-OH is 2. The first kappa shape index (κ1) is 18.0. The summed E-state index contributed by atoms with van der Waals surface area (Å²) in [6, 6.07) is 5.43. The van der Waals surface area contributed by atoms with Crippen molar-refractivity contribution < 1.29 is 14.7 Å². The van der Waals surface area contributed by atoms with Crippen molar-refractivity contribution in [3.8, 4) is 11.3 Å². The van der Waals surface area contributed by atoms with Crippen LogP contribution < -0.4 is 0 Å². The molecule has 27 heavy (non-hydrogen) atoms. The first-order valence-corrected chi connectivity index (χ1v) is 10.6. The lowest BCUT2D eigenvalue weighted by Gasteiger charge is -2.56. The monoisotopic (exact) mass is 407 g/mol. The van der Waals surface area contributed by atoms with Gasteiger partial charge in [0.1, 0.15) is 11.5 Å². The lowest BCUT2D eigenvalue weighted by molar-refractivity contribution is -0.100. The van der Waals surface area contributed by atoms with Gasteiger partial charge in [0.15, 0.2) is 0 Å². The maximum Gasteiger partial charge on any atom is 0.144 e. The molecule has 3 aliphatic carbocycles. The van der Waals surface area contributed by atoms with Crippen molar-refractivity contribution in [3.63, 3.8) is 0 Å². The van der Waals surface area contributed by atoms with E-state index >= 15 is 0 Å². The van der Waals surface area contributed by atoms with Gasteiger partial charge in [-0.15, -0.1) is 0 Å². The molecule has 2 atom stereocenters. The van der Waals surface area contributed by atoms with Crippen molar-refractivity contribution in [2.75, 3.05) is 0 Å². The average Bonchev–Trinajstić information content (AvgIpc) is 3.39. The number of aliphatic hydroxyl groups is 2. The fourth-order valence-electron chi connectivity index (χ4n) is 5.25. The second-order valence-corrected chi connectivity index (χ2v) is 9.34. The van der Waals surface area contributed by atoms with Crippen LogP contribution in [0.25, 0.3) is 11.3 Å². The van der Waals surface area contributed by atoms with E-state index in [2.05, 4.69) is 5.16 Å². The van der Waals surface area contributed by atoms with Gasteiger partial charge in [0.2, 0.25) is 0 Å². The summed E-state index contributed by atoms with van der Waals surface area (Å²) in [5.41, 5.74) is 2.39. The van der Waals surface area contributed by atoms with E-state index in [1.807, 2.05) is 18.2 Å². The van der Waals surface area contributed by atoms with E-state index in [0.717, 1.165) is 56.3 Å². The van der Waals surface area contributed by atoms with Crippen molar-refractivity contribution >= 4 is 23.2 Å². The van der Waals surface area contributed by atoms with Crippen molar-refractivity contribution in [2.24, 2.45) is 5.41 Å². The van der Waals surface area contributed by atoms with Crippen LogP contribution in [0.2, 0.25) is 10.0 Å². The van der Waals surface area contributed by atoms with E-state index in [4.69, 9.17) is 27.7 Å². The molecule has 3 fully saturated rings. The third kappa shape index (κ3) is 2.84. The summed E-state index contributed by atoms with van der Waals surface area (Å²) in [4.78, 5) is 0. The lowest BCUT2D eigenvalue weighted by atomic mass is 9.50. The topological polar surface area (TPSA) is 66.5 Å². The second kappa shape index (κ2) is 6.48. The third-order valence-corrected chi connectivity index (χ3v) is 7.46. The summed E-state index contributed by atoms with van der Waals surface area (Å²) in [5, 5.41) is 26.3. The van der Waals surface area contributed by atoms with Crippen molar-refractivity contribution in [1.29, 1.82) is 0 Å². The molecule has 3 aliphatic rings. The van der Waals surface area contributed by atoms with Gasteiger partial charge in [-0.2, -0.15) is 0 Å². The molecule has 5 rings (SSSR count). The Morgan fingerprint density at radius 1 is 1.04 bits per heavy atom. The molecule has 1 spiro atoms. The van der Waals surface area contributed by atoms with Gasteiger partial charge in [-0.3, -0.25) is 0 Å². The Balaban J connectivity index is 1.64. The molecule has 1 aromatic heterocycles. The summed E-state index contributed by atoms with van der Waals surface area (Å²) >= 11 is 13.0. The molecule has 0 saturated heterocycles. The van der Waals surface area contributed by atoms with Crippen LogP contribution in [0.15, 0.2) is 22.7 Å². The van der Waals surface area contributed by atoms with Crippen LogP contribution >= 0.6 is 23.2 Å². The Bertz CT molecular complexity index is 848. The molecule has 3 saturated carbocycles. The molecule has 6 heteroatoms. The van der Waals surface area contributed by atoms with Crippen LogP contribution in [-0.4, -0.2) is 27.6 Å². The summed E-state index contributed by atoms with van der Waals surface area (Å²) in [6.07, 6.45) is 5.72. The molecule has 0 bridgehead atoms. The summed E-state index contributed by atoms with van der Waals surface area (Å²) in [5.74, 6) is 1.24. The Morgan fingerprint density at radius 2 is 1.70 bits per heavy atom. The first-order chi connectivity index (χ1) is 13.0. The van der Waals surface area contributed by atoms with Crippen molar-refractivity contribution in [1.82, 2.24) is 5.16 Å².